The molecular weight excluding hydrogens is 356 g/mol. The van der Waals surface area contributed by atoms with Crippen LogP contribution in [0.5, 0.6) is 0 Å². The minimum absolute atomic E-state index is 0.521. The second-order valence-corrected chi connectivity index (χ2v) is 7.28. The van der Waals surface area contributed by atoms with Crippen LogP contribution in [0.25, 0.3) is 0 Å². The Morgan fingerprint density at radius 2 is 2.00 bits per heavy atom. The largest absolute Gasteiger partial charge is 0.357 e. The van der Waals surface area contributed by atoms with Gasteiger partial charge in [0.1, 0.15) is 17.4 Å². The van der Waals surface area contributed by atoms with E-state index in [-0.39, 0.29) is 0 Å². The van der Waals surface area contributed by atoms with Crippen molar-refractivity contribution in [3.63, 3.8) is 0 Å². The number of thiazole rings is 1. The quantitative estimate of drug-likeness (QED) is 0.464. The van der Waals surface area contributed by atoms with Crippen molar-refractivity contribution >= 4 is 17.3 Å². The third-order valence-electron chi connectivity index (χ3n) is 4.08. The van der Waals surface area contributed by atoms with Gasteiger partial charge < -0.3 is 15.2 Å². The number of benzene rings is 1. The Labute approximate surface area is 164 Å². The molecule has 2 aromatic heterocycles. The highest BCUT2D eigenvalue weighted by Gasteiger charge is 2.06. The molecule has 1 aromatic carbocycles. The van der Waals surface area contributed by atoms with E-state index in [9.17, 15) is 0 Å². The molecule has 0 radical (unpaired) electrons. The van der Waals surface area contributed by atoms with E-state index < -0.39 is 0 Å². The number of nitrogens with one attached hydrogen (secondary N) is 2. The lowest BCUT2D eigenvalue weighted by Crippen LogP contribution is -2.36. The van der Waals surface area contributed by atoms with Crippen molar-refractivity contribution in [3.05, 3.63) is 70.2 Å². The molecule has 2 heterocycles. The maximum absolute atomic E-state index is 4.69. The van der Waals surface area contributed by atoms with Crippen LogP contribution in [-0.2, 0) is 26.1 Å². The Morgan fingerprint density at radius 1 is 1.15 bits per heavy atom. The average Bonchev–Trinajstić information content (AvgIpc) is 3.34. The topological polar surface area (TPSA) is 67.1 Å². The van der Waals surface area contributed by atoms with Gasteiger partial charge >= 0.3 is 0 Å². The van der Waals surface area contributed by atoms with Crippen molar-refractivity contribution in [2.24, 2.45) is 4.99 Å². The number of imidazole rings is 1. The number of hydrogen-bond donors (Lipinski definition) is 2. The monoisotopic (exact) mass is 382 g/mol. The molecule has 0 saturated carbocycles. The zero-order chi connectivity index (χ0) is 18.9. The fourth-order valence-electron chi connectivity index (χ4n) is 2.66. The Kier molecular flexibility index (Phi) is 6.98. The lowest BCUT2D eigenvalue weighted by molar-refractivity contribution is 0.716. The van der Waals surface area contributed by atoms with Crippen LogP contribution in [0.3, 0.4) is 0 Å². The van der Waals surface area contributed by atoms with Crippen molar-refractivity contribution in [1.82, 2.24) is 25.2 Å². The smallest absolute Gasteiger partial charge is 0.192 e. The number of rotatable bonds is 8. The predicted molar refractivity (Wildman–Crippen MR) is 111 cm³/mol. The van der Waals surface area contributed by atoms with Crippen molar-refractivity contribution in [2.75, 3.05) is 6.54 Å². The summed E-state index contributed by atoms with van der Waals surface area (Å²) in [4.78, 5) is 14.9. The highest BCUT2D eigenvalue weighted by atomic mass is 32.1. The first-order valence-electron chi connectivity index (χ1n) is 9.28. The van der Waals surface area contributed by atoms with Crippen LogP contribution in [0.2, 0.25) is 0 Å². The standard InChI is InChI=1S/C20H26N6S/c1-3-17-12-23-19(27-17)14-25-20(21-4-2)24-13-18-22-10-11-26(18)15-16-8-6-5-7-9-16/h5-12H,3-4,13-15H2,1-2H3,(H2,21,24,25). The molecule has 0 aliphatic rings. The summed E-state index contributed by atoms with van der Waals surface area (Å²) in [5.74, 6) is 1.72. The Morgan fingerprint density at radius 3 is 2.74 bits per heavy atom. The molecule has 0 bridgehead atoms. The van der Waals surface area contributed by atoms with Crippen molar-refractivity contribution in [3.8, 4) is 0 Å². The van der Waals surface area contributed by atoms with Gasteiger partial charge in [-0.3, -0.25) is 0 Å². The van der Waals surface area contributed by atoms with E-state index in [0.29, 0.717) is 13.1 Å². The van der Waals surface area contributed by atoms with E-state index in [1.807, 2.05) is 24.7 Å². The normalized spacial score (nSPS) is 11.6. The summed E-state index contributed by atoms with van der Waals surface area (Å²) in [5, 5.41) is 7.71. The third kappa shape index (κ3) is 5.65. The summed E-state index contributed by atoms with van der Waals surface area (Å²) in [5.41, 5.74) is 1.25. The molecule has 0 fully saturated rings. The maximum Gasteiger partial charge on any atom is 0.192 e. The molecule has 0 spiro atoms. The van der Waals surface area contributed by atoms with Gasteiger partial charge in [0.25, 0.3) is 0 Å². The van der Waals surface area contributed by atoms with E-state index in [4.69, 9.17) is 0 Å². The lowest BCUT2D eigenvalue weighted by Gasteiger charge is -2.11. The number of hydrogen-bond acceptors (Lipinski definition) is 4. The second kappa shape index (κ2) is 9.87. The molecular formula is C20H26N6S. The SMILES string of the molecule is CCNC(=NCc1nccn1Cc1ccccc1)NCc1ncc(CC)s1. The van der Waals surface area contributed by atoms with E-state index >= 15 is 0 Å². The highest BCUT2D eigenvalue weighted by Crippen LogP contribution is 2.12. The fraction of sp³-hybridized carbons (Fsp3) is 0.350. The highest BCUT2D eigenvalue weighted by molar-refractivity contribution is 7.11. The van der Waals surface area contributed by atoms with Gasteiger partial charge in [0.05, 0.1) is 6.54 Å². The minimum Gasteiger partial charge on any atom is -0.357 e. The summed E-state index contributed by atoms with van der Waals surface area (Å²) in [6.07, 6.45) is 6.80. The first-order valence-corrected chi connectivity index (χ1v) is 10.1. The first kappa shape index (κ1) is 19.1. The van der Waals surface area contributed by atoms with E-state index in [0.717, 1.165) is 36.3 Å². The van der Waals surface area contributed by atoms with Gasteiger partial charge in [-0.25, -0.2) is 15.0 Å². The van der Waals surface area contributed by atoms with Gasteiger partial charge in [-0.05, 0) is 18.9 Å². The lowest BCUT2D eigenvalue weighted by atomic mass is 10.2. The minimum atomic E-state index is 0.521. The zero-order valence-electron chi connectivity index (χ0n) is 15.9. The molecule has 3 rings (SSSR count). The van der Waals surface area contributed by atoms with Crippen LogP contribution in [0.4, 0.5) is 0 Å². The fourth-order valence-corrected chi connectivity index (χ4v) is 3.46. The first-order chi connectivity index (χ1) is 13.3. The molecule has 7 heteroatoms. The van der Waals surface area contributed by atoms with Crippen LogP contribution >= 0.6 is 11.3 Å². The number of nitrogens with zero attached hydrogens (tertiary/aromatic N) is 4. The summed E-state index contributed by atoms with van der Waals surface area (Å²) < 4.78 is 2.14. The molecule has 3 aromatic rings. The Hall–Kier alpha value is -2.67. The zero-order valence-corrected chi connectivity index (χ0v) is 16.7. The Bertz CT molecular complexity index is 852. The third-order valence-corrected chi connectivity index (χ3v) is 5.22. The molecule has 2 N–H and O–H groups in total. The van der Waals surface area contributed by atoms with E-state index in [1.165, 1.54) is 10.4 Å². The molecule has 6 nitrogen and oxygen atoms in total. The molecule has 0 aliphatic heterocycles. The van der Waals surface area contributed by atoms with Gasteiger partial charge in [-0.1, -0.05) is 37.3 Å². The summed E-state index contributed by atoms with van der Waals surface area (Å²) in [6.45, 7) is 7.01. The maximum atomic E-state index is 4.69. The molecule has 0 saturated heterocycles. The average molecular weight is 383 g/mol. The van der Waals surface area contributed by atoms with Gasteiger partial charge in [0.2, 0.25) is 0 Å². The van der Waals surface area contributed by atoms with Crippen molar-refractivity contribution in [1.29, 1.82) is 0 Å². The van der Waals surface area contributed by atoms with Crippen LogP contribution in [0.1, 0.15) is 35.1 Å². The number of aryl methyl sites for hydroxylation is 1. The van der Waals surface area contributed by atoms with Crippen LogP contribution in [-0.4, -0.2) is 27.0 Å². The van der Waals surface area contributed by atoms with Crippen molar-refractivity contribution in [2.45, 2.75) is 39.9 Å². The molecule has 0 atom stereocenters. The van der Waals surface area contributed by atoms with Gasteiger partial charge in [0.15, 0.2) is 5.96 Å². The summed E-state index contributed by atoms with van der Waals surface area (Å²) in [6, 6.07) is 10.4. The number of aromatic nitrogens is 3. The van der Waals surface area contributed by atoms with Gasteiger partial charge in [0, 0.05) is 36.6 Å². The van der Waals surface area contributed by atoms with Gasteiger partial charge in [-0.2, -0.15) is 0 Å². The molecule has 27 heavy (non-hydrogen) atoms. The summed E-state index contributed by atoms with van der Waals surface area (Å²) >= 11 is 1.74. The van der Waals surface area contributed by atoms with Crippen molar-refractivity contribution < 1.29 is 0 Å². The number of aliphatic imine (C=N–C) groups is 1. The number of guanidine groups is 1. The van der Waals surface area contributed by atoms with Crippen LogP contribution in [0, 0.1) is 0 Å². The molecule has 0 aliphatic carbocycles. The molecule has 0 amide bonds. The second-order valence-electron chi connectivity index (χ2n) is 6.08. The van der Waals surface area contributed by atoms with E-state index in [2.05, 4.69) is 68.3 Å². The Balaban J connectivity index is 1.62. The molecule has 0 unspecified atom stereocenters. The summed E-state index contributed by atoms with van der Waals surface area (Å²) in [7, 11) is 0. The predicted octanol–water partition coefficient (Wildman–Crippen LogP) is 3.21. The van der Waals surface area contributed by atoms with Crippen LogP contribution < -0.4 is 10.6 Å². The molecule has 142 valence electrons. The van der Waals surface area contributed by atoms with E-state index in [1.54, 1.807) is 11.3 Å². The van der Waals surface area contributed by atoms with Gasteiger partial charge in [-0.15, -0.1) is 11.3 Å². The van der Waals surface area contributed by atoms with Crippen LogP contribution in [0.15, 0.2) is 53.9 Å².